The first kappa shape index (κ1) is 24.8. The third kappa shape index (κ3) is 5.51. The molecule has 0 aliphatic carbocycles. The summed E-state index contributed by atoms with van der Waals surface area (Å²) in [6.07, 6.45) is 2.25. The van der Waals surface area contributed by atoms with Crippen LogP contribution in [-0.4, -0.2) is 39.1 Å². The molecule has 4 aromatic rings. The molecule has 0 unspecified atom stereocenters. The maximum absolute atomic E-state index is 13.9. The van der Waals surface area contributed by atoms with E-state index >= 15 is 0 Å². The van der Waals surface area contributed by atoms with Gasteiger partial charge in [-0.25, -0.2) is 4.68 Å². The SMILES string of the molecule is CC(=O)c1cccc(N(C(=O)Cn2nnc3ccccc32)[C@@H](C(=O)NCCC(C)C)c2ccco2)c1. The van der Waals surface area contributed by atoms with Gasteiger partial charge in [0.25, 0.3) is 5.91 Å². The Bertz CT molecular complexity index is 1360. The van der Waals surface area contributed by atoms with Gasteiger partial charge in [-0.1, -0.05) is 43.3 Å². The molecule has 1 N–H and O–H groups in total. The highest BCUT2D eigenvalue weighted by atomic mass is 16.3. The molecule has 9 heteroatoms. The van der Waals surface area contributed by atoms with E-state index in [2.05, 4.69) is 29.5 Å². The van der Waals surface area contributed by atoms with Crippen LogP contribution in [0.25, 0.3) is 11.0 Å². The number of furan rings is 1. The van der Waals surface area contributed by atoms with Crippen LogP contribution in [-0.2, 0) is 16.1 Å². The minimum atomic E-state index is -1.09. The van der Waals surface area contributed by atoms with Gasteiger partial charge in [0, 0.05) is 17.8 Å². The van der Waals surface area contributed by atoms with Gasteiger partial charge < -0.3 is 9.73 Å². The summed E-state index contributed by atoms with van der Waals surface area (Å²) in [4.78, 5) is 40.9. The van der Waals surface area contributed by atoms with Crippen molar-refractivity contribution in [1.82, 2.24) is 20.3 Å². The quantitative estimate of drug-likeness (QED) is 0.336. The molecule has 0 aliphatic heterocycles. The Morgan fingerprint density at radius 3 is 2.58 bits per heavy atom. The Morgan fingerprint density at radius 1 is 1.06 bits per heavy atom. The number of anilines is 1. The molecule has 0 aliphatic rings. The highest BCUT2D eigenvalue weighted by Crippen LogP contribution is 2.30. The molecule has 0 saturated heterocycles. The van der Waals surface area contributed by atoms with Crippen molar-refractivity contribution in [2.24, 2.45) is 5.92 Å². The van der Waals surface area contributed by atoms with Gasteiger partial charge in [0.15, 0.2) is 11.8 Å². The Hall–Kier alpha value is -4.27. The topological polar surface area (TPSA) is 110 Å². The third-order valence-electron chi connectivity index (χ3n) is 5.84. The maximum Gasteiger partial charge on any atom is 0.251 e. The van der Waals surface area contributed by atoms with E-state index in [9.17, 15) is 14.4 Å². The van der Waals surface area contributed by atoms with Crippen LogP contribution in [0.4, 0.5) is 5.69 Å². The highest BCUT2D eigenvalue weighted by molar-refractivity contribution is 6.02. The maximum atomic E-state index is 13.9. The van der Waals surface area contributed by atoms with Crippen LogP contribution in [0.15, 0.2) is 71.3 Å². The average Bonchev–Trinajstić information content (AvgIpc) is 3.53. The predicted octanol–water partition coefficient (Wildman–Crippen LogP) is 4.16. The van der Waals surface area contributed by atoms with E-state index in [4.69, 9.17) is 4.42 Å². The number of ketones is 1. The number of aromatic nitrogens is 3. The zero-order valence-corrected chi connectivity index (χ0v) is 20.5. The predicted molar refractivity (Wildman–Crippen MR) is 135 cm³/mol. The summed E-state index contributed by atoms with van der Waals surface area (Å²) in [7, 11) is 0. The molecule has 2 amide bonds. The lowest BCUT2D eigenvalue weighted by molar-refractivity contribution is -0.127. The number of carbonyl (C=O) groups excluding carboxylic acids is 3. The van der Waals surface area contributed by atoms with Crippen molar-refractivity contribution < 1.29 is 18.8 Å². The van der Waals surface area contributed by atoms with Crippen LogP contribution in [0.5, 0.6) is 0 Å². The second-order valence-corrected chi connectivity index (χ2v) is 9.00. The molecule has 0 bridgehead atoms. The third-order valence-corrected chi connectivity index (χ3v) is 5.84. The number of carbonyl (C=O) groups is 3. The van der Waals surface area contributed by atoms with Crippen molar-refractivity contribution in [3.63, 3.8) is 0 Å². The minimum Gasteiger partial charge on any atom is -0.467 e. The first-order chi connectivity index (χ1) is 17.3. The fourth-order valence-corrected chi connectivity index (χ4v) is 3.95. The number of amides is 2. The van der Waals surface area contributed by atoms with Crippen molar-refractivity contribution in [3.05, 3.63) is 78.3 Å². The molecule has 0 spiro atoms. The molecule has 9 nitrogen and oxygen atoms in total. The van der Waals surface area contributed by atoms with Crippen molar-refractivity contribution in [1.29, 1.82) is 0 Å². The normalized spacial score (nSPS) is 12.0. The summed E-state index contributed by atoms with van der Waals surface area (Å²) in [6.45, 7) is 5.89. The number of rotatable bonds is 10. The second kappa shape index (κ2) is 11.0. The summed E-state index contributed by atoms with van der Waals surface area (Å²) in [5.41, 5.74) is 2.18. The van der Waals surface area contributed by atoms with E-state index in [0.29, 0.717) is 40.5 Å². The minimum absolute atomic E-state index is 0.151. The number of fused-ring (bicyclic) bond motifs is 1. The molecule has 2 aromatic carbocycles. The van der Waals surface area contributed by atoms with Crippen molar-refractivity contribution in [2.45, 2.75) is 39.8 Å². The molecule has 2 heterocycles. The Balaban J connectivity index is 1.76. The molecule has 0 saturated carbocycles. The van der Waals surface area contributed by atoms with Gasteiger partial charge in [0.2, 0.25) is 5.91 Å². The number of benzene rings is 2. The molecule has 0 radical (unpaired) electrons. The summed E-state index contributed by atoms with van der Waals surface area (Å²) in [5, 5.41) is 11.2. The van der Waals surface area contributed by atoms with Crippen LogP contribution in [0.3, 0.4) is 0 Å². The summed E-state index contributed by atoms with van der Waals surface area (Å²) < 4.78 is 7.12. The Morgan fingerprint density at radius 2 is 1.86 bits per heavy atom. The molecule has 36 heavy (non-hydrogen) atoms. The number of nitrogens with zero attached hydrogens (tertiary/aromatic N) is 4. The van der Waals surface area contributed by atoms with Gasteiger partial charge in [-0.15, -0.1) is 5.10 Å². The fraction of sp³-hybridized carbons (Fsp3) is 0.296. The lowest BCUT2D eigenvalue weighted by atomic mass is 10.1. The van der Waals surface area contributed by atoms with Gasteiger partial charge in [-0.3, -0.25) is 19.3 Å². The monoisotopic (exact) mass is 487 g/mol. The molecular weight excluding hydrogens is 458 g/mol. The summed E-state index contributed by atoms with van der Waals surface area (Å²) in [6, 6.07) is 16.2. The van der Waals surface area contributed by atoms with Crippen molar-refractivity contribution in [2.75, 3.05) is 11.4 Å². The zero-order valence-electron chi connectivity index (χ0n) is 20.5. The number of hydrogen-bond acceptors (Lipinski definition) is 6. The van der Waals surface area contributed by atoms with Crippen molar-refractivity contribution >= 4 is 34.3 Å². The molecule has 186 valence electrons. The van der Waals surface area contributed by atoms with Crippen LogP contribution in [0.2, 0.25) is 0 Å². The second-order valence-electron chi connectivity index (χ2n) is 9.00. The smallest absolute Gasteiger partial charge is 0.251 e. The molecule has 4 rings (SSSR count). The van der Waals surface area contributed by atoms with Gasteiger partial charge in [-0.05, 0) is 55.7 Å². The Labute approximate surface area is 209 Å². The van der Waals surface area contributed by atoms with Crippen LogP contribution >= 0.6 is 0 Å². The molecule has 2 aromatic heterocycles. The van der Waals surface area contributed by atoms with E-state index < -0.39 is 11.9 Å². The van der Waals surface area contributed by atoms with Crippen molar-refractivity contribution in [3.8, 4) is 0 Å². The standard InChI is InChI=1S/C27H29N5O4/c1-18(2)13-14-28-27(35)26(24-12-7-15-36-24)32(21-9-6-8-20(16-21)19(3)33)25(34)17-31-23-11-5-4-10-22(23)29-30-31/h4-12,15-16,18,26H,13-14,17H2,1-3H3,(H,28,35)/t26-/m1/s1. The first-order valence-corrected chi connectivity index (χ1v) is 11.9. The summed E-state index contributed by atoms with van der Waals surface area (Å²) in [5.74, 6) is -0.232. The molecule has 1 atom stereocenters. The number of para-hydroxylation sites is 1. The number of nitrogens with one attached hydrogen (secondary N) is 1. The Kier molecular flexibility index (Phi) is 7.58. The van der Waals surface area contributed by atoms with E-state index in [1.165, 1.54) is 22.8 Å². The molecule has 0 fully saturated rings. The van der Waals surface area contributed by atoms with Gasteiger partial charge in [-0.2, -0.15) is 0 Å². The van der Waals surface area contributed by atoms with E-state index in [0.717, 1.165) is 6.42 Å². The zero-order chi connectivity index (χ0) is 25.7. The van der Waals surface area contributed by atoms with Gasteiger partial charge in [0.1, 0.15) is 17.8 Å². The van der Waals surface area contributed by atoms with E-state index in [1.807, 2.05) is 24.3 Å². The molecular formula is C27H29N5O4. The fourth-order valence-electron chi connectivity index (χ4n) is 3.95. The largest absolute Gasteiger partial charge is 0.467 e. The van der Waals surface area contributed by atoms with Crippen LogP contribution in [0, 0.1) is 5.92 Å². The van der Waals surface area contributed by atoms with Gasteiger partial charge >= 0.3 is 0 Å². The highest BCUT2D eigenvalue weighted by Gasteiger charge is 2.35. The number of hydrogen-bond donors (Lipinski definition) is 1. The lowest BCUT2D eigenvalue weighted by Crippen LogP contribution is -2.45. The lowest BCUT2D eigenvalue weighted by Gasteiger charge is -2.30. The van der Waals surface area contributed by atoms with Crippen LogP contribution in [0.1, 0.15) is 49.4 Å². The van der Waals surface area contributed by atoms with E-state index in [1.54, 1.807) is 36.4 Å². The van der Waals surface area contributed by atoms with E-state index in [-0.39, 0.29) is 18.2 Å². The first-order valence-electron chi connectivity index (χ1n) is 11.9. The van der Waals surface area contributed by atoms with Gasteiger partial charge in [0.05, 0.1) is 11.8 Å². The number of Topliss-reactive ketones (excluding diaryl/α,β-unsaturated/α-hetero) is 1. The summed E-state index contributed by atoms with van der Waals surface area (Å²) >= 11 is 0. The van der Waals surface area contributed by atoms with Crippen LogP contribution < -0.4 is 10.2 Å². The average molecular weight is 488 g/mol.